The summed E-state index contributed by atoms with van der Waals surface area (Å²) in [7, 11) is -2.05. The van der Waals surface area contributed by atoms with Gasteiger partial charge in [-0.25, -0.2) is 18.2 Å². The zero-order valence-corrected chi connectivity index (χ0v) is 17.0. The Bertz CT molecular complexity index is 1120. The molecule has 0 saturated carbocycles. The predicted octanol–water partition coefficient (Wildman–Crippen LogP) is 2.75. The molecule has 2 N–H and O–H groups in total. The average Bonchev–Trinajstić information content (AvgIpc) is 3.20. The second kappa shape index (κ2) is 8.42. The van der Waals surface area contributed by atoms with Gasteiger partial charge in [-0.05, 0) is 42.8 Å². The van der Waals surface area contributed by atoms with Crippen LogP contribution in [0.3, 0.4) is 0 Å². The van der Waals surface area contributed by atoms with E-state index in [9.17, 15) is 13.2 Å². The van der Waals surface area contributed by atoms with Crippen LogP contribution in [-0.4, -0.2) is 36.1 Å². The van der Waals surface area contributed by atoms with Crippen molar-refractivity contribution in [1.82, 2.24) is 14.7 Å². The Balaban J connectivity index is 1.68. The van der Waals surface area contributed by atoms with Gasteiger partial charge in [0.1, 0.15) is 0 Å². The van der Waals surface area contributed by atoms with Gasteiger partial charge in [-0.1, -0.05) is 30.3 Å². The number of amides is 1. The summed E-state index contributed by atoms with van der Waals surface area (Å²) in [6.07, 6.45) is 6.73. The van der Waals surface area contributed by atoms with Gasteiger partial charge in [-0.2, -0.15) is 5.10 Å². The van der Waals surface area contributed by atoms with E-state index in [-0.39, 0.29) is 16.8 Å². The molecule has 0 radical (unpaired) electrons. The lowest BCUT2D eigenvalue weighted by Crippen LogP contribution is -2.28. The molecule has 0 bridgehead atoms. The Morgan fingerprint density at radius 1 is 1.14 bits per heavy atom. The van der Waals surface area contributed by atoms with E-state index in [2.05, 4.69) is 5.10 Å². The lowest BCUT2D eigenvalue weighted by atomic mass is 10.1. The van der Waals surface area contributed by atoms with Crippen molar-refractivity contribution in [1.29, 1.82) is 0 Å². The third-order valence-corrected chi connectivity index (χ3v) is 5.59. The first kappa shape index (κ1) is 20.5. The van der Waals surface area contributed by atoms with E-state index in [4.69, 9.17) is 5.14 Å². The van der Waals surface area contributed by atoms with Gasteiger partial charge in [0.05, 0.1) is 22.8 Å². The van der Waals surface area contributed by atoms with Gasteiger partial charge in [0.25, 0.3) is 0 Å². The molecule has 1 aromatic heterocycles. The maximum absolute atomic E-state index is 12.5. The maximum atomic E-state index is 12.5. The van der Waals surface area contributed by atoms with Crippen molar-refractivity contribution in [3.05, 3.63) is 84.2 Å². The molecule has 8 heteroatoms. The number of para-hydroxylation sites is 1. The van der Waals surface area contributed by atoms with E-state index in [1.807, 2.05) is 43.5 Å². The summed E-state index contributed by atoms with van der Waals surface area (Å²) in [6.45, 7) is 1.87. The number of hydrogen-bond acceptors (Lipinski definition) is 4. The van der Waals surface area contributed by atoms with Gasteiger partial charge < -0.3 is 4.90 Å². The van der Waals surface area contributed by atoms with E-state index in [1.165, 1.54) is 18.2 Å². The molecular weight excluding hydrogens is 388 g/mol. The van der Waals surface area contributed by atoms with Crippen molar-refractivity contribution < 1.29 is 13.2 Å². The number of primary sulfonamides is 1. The van der Waals surface area contributed by atoms with Crippen molar-refractivity contribution in [2.45, 2.75) is 17.9 Å². The molecule has 1 heterocycles. The topological polar surface area (TPSA) is 98.3 Å². The molecule has 0 aliphatic carbocycles. The van der Waals surface area contributed by atoms with Crippen LogP contribution in [0.5, 0.6) is 0 Å². The second-order valence-electron chi connectivity index (χ2n) is 6.63. The summed E-state index contributed by atoms with van der Waals surface area (Å²) in [5.41, 5.74) is 2.55. The largest absolute Gasteiger partial charge is 0.335 e. The van der Waals surface area contributed by atoms with Crippen LogP contribution in [0.2, 0.25) is 0 Å². The SMILES string of the molecule is CC(c1ccc(S(N)(=O)=O)cc1)N(C)C(=O)C=Cc1cnn(-c2ccccc2)c1. The number of benzene rings is 2. The molecule has 0 aliphatic rings. The van der Waals surface area contributed by atoms with Gasteiger partial charge in [0, 0.05) is 24.9 Å². The van der Waals surface area contributed by atoms with Gasteiger partial charge in [0.15, 0.2) is 0 Å². The second-order valence-corrected chi connectivity index (χ2v) is 8.19. The van der Waals surface area contributed by atoms with Crippen molar-refractivity contribution >= 4 is 22.0 Å². The molecule has 2 aromatic carbocycles. The normalized spacial score (nSPS) is 12.8. The van der Waals surface area contributed by atoms with E-state index in [0.717, 1.165) is 16.8 Å². The van der Waals surface area contributed by atoms with E-state index in [0.29, 0.717) is 0 Å². The van der Waals surface area contributed by atoms with Crippen LogP contribution in [0.25, 0.3) is 11.8 Å². The highest BCUT2D eigenvalue weighted by Gasteiger charge is 2.16. The quantitative estimate of drug-likeness (QED) is 0.632. The van der Waals surface area contributed by atoms with Crippen molar-refractivity contribution in [3.8, 4) is 5.69 Å². The molecule has 0 spiro atoms. The molecule has 1 atom stereocenters. The first-order valence-corrected chi connectivity index (χ1v) is 10.5. The molecular formula is C21H22N4O3S. The molecule has 0 aliphatic heterocycles. The number of sulfonamides is 1. The minimum absolute atomic E-state index is 0.0396. The summed E-state index contributed by atoms with van der Waals surface area (Å²) in [5.74, 6) is -0.180. The number of aromatic nitrogens is 2. The molecule has 0 saturated heterocycles. The molecule has 1 unspecified atom stereocenters. The predicted molar refractivity (Wildman–Crippen MR) is 112 cm³/mol. The highest BCUT2D eigenvalue weighted by atomic mass is 32.2. The number of carbonyl (C=O) groups is 1. The fraction of sp³-hybridized carbons (Fsp3) is 0.143. The number of hydrogen-bond donors (Lipinski definition) is 1. The Labute approximate surface area is 170 Å². The van der Waals surface area contributed by atoms with E-state index < -0.39 is 10.0 Å². The first-order valence-electron chi connectivity index (χ1n) is 8.93. The number of carbonyl (C=O) groups excluding carboxylic acids is 1. The standard InChI is InChI=1S/C21H22N4O3S/c1-16(18-9-11-20(12-10-18)29(22,27)28)24(2)21(26)13-8-17-14-23-25(15-17)19-6-4-3-5-7-19/h3-16H,1-2H3,(H2,22,27,28). The molecule has 0 fully saturated rings. The average molecular weight is 410 g/mol. The fourth-order valence-corrected chi connectivity index (χ4v) is 3.30. The van der Waals surface area contributed by atoms with Gasteiger partial charge in [-0.15, -0.1) is 0 Å². The smallest absolute Gasteiger partial charge is 0.246 e. The third-order valence-electron chi connectivity index (χ3n) is 4.66. The molecule has 150 valence electrons. The van der Waals surface area contributed by atoms with Crippen LogP contribution in [-0.2, 0) is 14.8 Å². The van der Waals surface area contributed by atoms with Crippen molar-refractivity contribution in [3.63, 3.8) is 0 Å². The van der Waals surface area contributed by atoms with Crippen LogP contribution in [0, 0.1) is 0 Å². The monoisotopic (exact) mass is 410 g/mol. The Morgan fingerprint density at radius 3 is 2.41 bits per heavy atom. The zero-order valence-electron chi connectivity index (χ0n) is 16.1. The van der Waals surface area contributed by atoms with E-state index >= 15 is 0 Å². The Morgan fingerprint density at radius 2 is 1.79 bits per heavy atom. The molecule has 3 aromatic rings. The molecule has 7 nitrogen and oxygen atoms in total. The maximum Gasteiger partial charge on any atom is 0.246 e. The van der Waals surface area contributed by atoms with Crippen LogP contribution >= 0.6 is 0 Å². The molecule has 29 heavy (non-hydrogen) atoms. The van der Waals surface area contributed by atoms with Crippen LogP contribution in [0.4, 0.5) is 0 Å². The highest BCUT2D eigenvalue weighted by Crippen LogP contribution is 2.21. The summed E-state index contributed by atoms with van der Waals surface area (Å²) in [6, 6.07) is 15.6. The molecule has 1 amide bonds. The minimum atomic E-state index is -3.74. The van der Waals surface area contributed by atoms with E-state index in [1.54, 1.807) is 41.0 Å². The van der Waals surface area contributed by atoms with Crippen LogP contribution < -0.4 is 5.14 Å². The number of nitrogens with zero attached hydrogens (tertiary/aromatic N) is 3. The summed E-state index contributed by atoms with van der Waals surface area (Å²) in [4.78, 5) is 14.1. The highest BCUT2D eigenvalue weighted by molar-refractivity contribution is 7.89. The third kappa shape index (κ3) is 4.98. The number of rotatable bonds is 6. The van der Waals surface area contributed by atoms with Crippen LogP contribution in [0.1, 0.15) is 24.1 Å². The first-order chi connectivity index (χ1) is 13.8. The summed E-state index contributed by atoms with van der Waals surface area (Å²) in [5, 5.41) is 9.42. The van der Waals surface area contributed by atoms with Gasteiger partial charge in [0.2, 0.25) is 15.9 Å². The van der Waals surface area contributed by atoms with Gasteiger partial charge in [-0.3, -0.25) is 4.79 Å². The summed E-state index contributed by atoms with van der Waals surface area (Å²) < 4.78 is 24.5. The fourth-order valence-electron chi connectivity index (χ4n) is 2.78. The summed E-state index contributed by atoms with van der Waals surface area (Å²) >= 11 is 0. The van der Waals surface area contributed by atoms with Crippen molar-refractivity contribution in [2.75, 3.05) is 7.05 Å². The number of nitrogens with two attached hydrogens (primary N) is 1. The lowest BCUT2D eigenvalue weighted by Gasteiger charge is -2.24. The zero-order chi connectivity index (χ0) is 21.0. The molecule has 3 rings (SSSR count). The minimum Gasteiger partial charge on any atom is -0.335 e. The van der Waals surface area contributed by atoms with Crippen molar-refractivity contribution in [2.24, 2.45) is 5.14 Å². The van der Waals surface area contributed by atoms with Gasteiger partial charge >= 0.3 is 0 Å². The Kier molecular flexibility index (Phi) is 5.95. The lowest BCUT2D eigenvalue weighted by molar-refractivity contribution is -0.126. The van der Waals surface area contributed by atoms with Crippen LogP contribution in [0.15, 0.2) is 78.0 Å². The number of likely N-dealkylation sites (N-methyl/N-ethyl adjacent to an activating group) is 1. The Hall–Kier alpha value is -3.23.